The second-order valence-corrected chi connectivity index (χ2v) is 7.54. The van der Waals surface area contributed by atoms with E-state index in [1.165, 1.54) is 68.0 Å². The van der Waals surface area contributed by atoms with Crippen molar-refractivity contribution in [2.24, 2.45) is 0 Å². The first-order chi connectivity index (χ1) is 12.1. The molecule has 1 aliphatic heterocycles. The zero-order chi connectivity index (χ0) is 18.2. The number of methoxy groups -OCH3 is 1. The molecule has 1 heterocycles. The van der Waals surface area contributed by atoms with Crippen molar-refractivity contribution in [1.82, 2.24) is 0 Å². The number of hydrogen-bond donors (Lipinski definition) is 0. The van der Waals surface area contributed by atoms with Crippen molar-refractivity contribution in [2.75, 3.05) is 25.1 Å². The molecule has 3 heteroatoms. The molecule has 0 amide bonds. The molecule has 1 unspecified atom stereocenters. The molecular formula is C22H35NO2. The highest BCUT2D eigenvalue weighted by atomic mass is 16.5. The number of fused-ring (bicyclic) bond motifs is 1. The van der Waals surface area contributed by atoms with Gasteiger partial charge in [0, 0.05) is 31.1 Å². The van der Waals surface area contributed by atoms with Gasteiger partial charge in [-0.05, 0) is 49.4 Å². The fourth-order valence-corrected chi connectivity index (χ4v) is 4.13. The van der Waals surface area contributed by atoms with Gasteiger partial charge < -0.3 is 9.64 Å². The van der Waals surface area contributed by atoms with Crippen LogP contribution in [0.2, 0.25) is 0 Å². The third-order valence-electron chi connectivity index (χ3n) is 5.41. The lowest BCUT2D eigenvalue weighted by molar-refractivity contribution is -0.140. The predicted molar refractivity (Wildman–Crippen MR) is 105 cm³/mol. The lowest BCUT2D eigenvalue weighted by Gasteiger charge is -2.20. The summed E-state index contributed by atoms with van der Waals surface area (Å²) in [6.45, 7) is 8.84. The number of esters is 1. The fraction of sp³-hybridized carbons (Fsp3) is 0.682. The maximum atomic E-state index is 11.6. The first-order valence-electron chi connectivity index (χ1n) is 9.99. The number of rotatable bonds is 10. The summed E-state index contributed by atoms with van der Waals surface area (Å²) in [7, 11) is 1.48. The Bertz CT molecular complexity index is 567. The highest BCUT2D eigenvalue weighted by Gasteiger charge is 2.30. The van der Waals surface area contributed by atoms with E-state index < -0.39 is 0 Å². The maximum absolute atomic E-state index is 11.6. The summed E-state index contributed by atoms with van der Waals surface area (Å²) in [5.41, 5.74) is 5.56. The zero-order valence-corrected chi connectivity index (χ0v) is 16.6. The van der Waals surface area contributed by atoms with E-state index in [0.717, 1.165) is 19.5 Å². The highest BCUT2D eigenvalue weighted by Crippen LogP contribution is 2.41. The highest BCUT2D eigenvalue weighted by molar-refractivity contribution is 5.70. The first kappa shape index (κ1) is 19.8. The van der Waals surface area contributed by atoms with E-state index in [9.17, 15) is 4.79 Å². The summed E-state index contributed by atoms with van der Waals surface area (Å²) in [6, 6.07) is 4.61. The van der Waals surface area contributed by atoms with Crippen LogP contribution in [0, 0.1) is 13.8 Å². The molecule has 0 saturated heterocycles. The van der Waals surface area contributed by atoms with Crippen molar-refractivity contribution in [2.45, 2.75) is 78.1 Å². The van der Waals surface area contributed by atoms with E-state index in [-0.39, 0.29) is 5.97 Å². The Morgan fingerprint density at radius 1 is 1.16 bits per heavy atom. The van der Waals surface area contributed by atoms with Crippen molar-refractivity contribution in [1.29, 1.82) is 0 Å². The molecule has 0 N–H and O–H groups in total. The van der Waals surface area contributed by atoms with Crippen LogP contribution < -0.4 is 4.90 Å². The van der Waals surface area contributed by atoms with Crippen LogP contribution in [0.4, 0.5) is 5.69 Å². The Hall–Kier alpha value is -1.51. The van der Waals surface area contributed by atoms with Crippen molar-refractivity contribution >= 4 is 11.7 Å². The molecule has 0 bridgehead atoms. The molecule has 2 rings (SSSR count). The number of carbonyl (C=O) groups excluding carboxylic acids is 1. The molecule has 25 heavy (non-hydrogen) atoms. The molecule has 1 aliphatic rings. The van der Waals surface area contributed by atoms with Gasteiger partial charge in [-0.3, -0.25) is 4.79 Å². The SMILES string of the molecule is CCCCCCCCN1CC(CCC(=O)OC)c2c(C)cc(C)cc21. The smallest absolute Gasteiger partial charge is 0.305 e. The van der Waals surface area contributed by atoms with Crippen molar-refractivity contribution < 1.29 is 9.53 Å². The lowest BCUT2D eigenvalue weighted by Crippen LogP contribution is -2.23. The molecule has 1 aromatic carbocycles. The molecule has 1 atom stereocenters. The number of unbranched alkanes of at least 4 members (excludes halogenated alkanes) is 5. The number of benzene rings is 1. The quantitative estimate of drug-likeness (QED) is 0.413. The van der Waals surface area contributed by atoms with E-state index in [2.05, 4.69) is 37.8 Å². The molecule has 3 nitrogen and oxygen atoms in total. The van der Waals surface area contributed by atoms with E-state index in [4.69, 9.17) is 4.74 Å². The van der Waals surface area contributed by atoms with Crippen molar-refractivity contribution in [3.8, 4) is 0 Å². The molecular weight excluding hydrogens is 310 g/mol. The molecule has 0 spiro atoms. The minimum Gasteiger partial charge on any atom is -0.469 e. The number of ether oxygens (including phenoxy) is 1. The number of carbonyl (C=O) groups is 1. The Balaban J connectivity index is 1.99. The monoisotopic (exact) mass is 345 g/mol. The first-order valence-corrected chi connectivity index (χ1v) is 9.99. The van der Waals surface area contributed by atoms with E-state index >= 15 is 0 Å². The van der Waals surface area contributed by atoms with Gasteiger partial charge in [0.1, 0.15) is 0 Å². The number of aryl methyl sites for hydroxylation is 2. The topological polar surface area (TPSA) is 29.5 Å². The standard InChI is InChI=1S/C22H35NO2/c1-5-6-7-8-9-10-13-23-16-19(11-12-21(24)25-4)22-18(3)14-17(2)15-20(22)23/h14-15,19H,5-13,16H2,1-4H3. The molecule has 1 aromatic rings. The Labute approximate surface area is 153 Å². The van der Waals surface area contributed by atoms with Crippen LogP contribution in [0.1, 0.15) is 80.9 Å². The minimum atomic E-state index is -0.0966. The molecule has 140 valence electrons. The Morgan fingerprint density at radius 3 is 2.60 bits per heavy atom. The van der Waals surface area contributed by atoms with Gasteiger partial charge in [-0.15, -0.1) is 0 Å². The van der Waals surface area contributed by atoms with Gasteiger partial charge in [-0.2, -0.15) is 0 Å². The van der Waals surface area contributed by atoms with Gasteiger partial charge in [-0.25, -0.2) is 0 Å². The predicted octanol–water partition coefficient (Wildman–Crippen LogP) is 5.52. The molecule has 0 saturated carbocycles. The van der Waals surface area contributed by atoms with Crippen molar-refractivity contribution in [3.63, 3.8) is 0 Å². The van der Waals surface area contributed by atoms with Gasteiger partial charge in [-0.1, -0.05) is 45.1 Å². The number of hydrogen-bond acceptors (Lipinski definition) is 3. The van der Waals surface area contributed by atoms with Crippen LogP contribution in [0.25, 0.3) is 0 Å². The molecule has 0 radical (unpaired) electrons. The van der Waals surface area contributed by atoms with Gasteiger partial charge in [0.15, 0.2) is 0 Å². The zero-order valence-electron chi connectivity index (χ0n) is 16.6. The summed E-state index contributed by atoms with van der Waals surface area (Å²) < 4.78 is 4.83. The Morgan fingerprint density at radius 2 is 1.88 bits per heavy atom. The normalized spacial score (nSPS) is 16.2. The third-order valence-corrected chi connectivity index (χ3v) is 5.41. The van der Waals surface area contributed by atoms with Crippen LogP contribution in [0.5, 0.6) is 0 Å². The summed E-state index contributed by atoms with van der Waals surface area (Å²) in [5, 5.41) is 0. The van der Waals surface area contributed by atoms with E-state index in [0.29, 0.717) is 12.3 Å². The second kappa shape index (κ2) is 9.84. The van der Waals surface area contributed by atoms with Gasteiger partial charge >= 0.3 is 5.97 Å². The lowest BCUT2D eigenvalue weighted by atomic mass is 9.91. The molecule has 0 aromatic heterocycles. The summed E-state index contributed by atoms with van der Waals surface area (Å²) in [4.78, 5) is 14.1. The van der Waals surface area contributed by atoms with Crippen molar-refractivity contribution in [3.05, 3.63) is 28.8 Å². The van der Waals surface area contributed by atoms with Crippen LogP contribution in [0.3, 0.4) is 0 Å². The van der Waals surface area contributed by atoms with Gasteiger partial charge in [0.05, 0.1) is 7.11 Å². The van der Waals surface area contributed by atoms with Gasteiger partial charge in [0.25, 0.3) is 0 Å². The van der Waals surface area contributed by atoms with Gasteiger partial charge in [0.2, 0.25) is 0 Å². The minimum absolute atomic E-state index is 0.0966. The summed E-state index contributed by atoms with van der Waals surface area (Å²) in [5.74, 6) is 0.357. The number of nitrogens with zero attached hydrogens (tertiary/aromatic N) is 1. The average Bonchev–Trinajstić information content (AvgIpc) is 2.93. The maximum Gasteiger partial charge on any atom is 0.305 e. The summed E-state index contributed by atoms with van der Waals surface area (Å²) in [6.07, 6.45) is 9.37. The summed E-state index contributed by atoms with van der Waals surface area (Å²) >= 11 is 0. The van der Waals surface area contributed by atoms with E-state index in [1.807, 2.05) is 0 Å². The van der Waals surface area contributed by atoms with Crippen LogP contribution >= 0.6 is 0 Å². The van der Waals surface area contributed by atoms with Crippen LogP contribution in [-0.4, -0.2) is 26.2 Å². The molecule has 0 aliphatic carbocycles. The van der Waals surface area contributed by atoms with Crippen LogP contribution in [0.15, 0.2) is 12.1 Å². The third kappa shape index (κ3) is 5.49. The second-order valence-electron chi connectivity index (χ2n) is 7.54. The fourth-order valence-electron chi connectivity index (χ4n) is 4.13. The Kier molecular flexibility index (Phi) is 7.80. The largest absolute Gasteiger partial charge is 0.469 e. The molecule has 0 fully saturated rings. The average molecular weight is 346 g/mol. The van der Waals surface area contributed by atoms with E-state index in [1.54, 1.807) is 0 Å². The van der Waals surface area contributed by atoms with Crippen LogP contribution in [-0.2, 0) is 9.53 Å². The number of anilines is 1.